The second-order valence-corrected chi connectivity index (χ2v) is 7.58. The van der Waals surface area contributed by atoms with Gasteiger partial charge in [0.1, 0.15) is 5.54 Å². The summed E-state index contributed by atoms with van der Waals surface area (Å²) in [4.78, 5) is 29.3. The van der Waals surface area contributed by atoms with Crippen molar-refractivity contribution in [1.29, 1.82) is 0 Å². The number of carbonyl (C=O) groups excluding carboxylic acids is 2. The van der Waals surface area contributed by atoms with Crippen LogP contribution in [-0.2, 0) is 14.3 Å². The van der Waals surface area contributed by atoms with Crippen LogP contribution in [0.2, 0.25) is 0 Å². The topological polar surface area (TPSA) is 61.9 Å². The Balaban J connectivity index is 1.52. The van der Waals surface area contributed by atoms with Crippen LogP contribution in [0.5, 0.6) is 0 Å². The second kappa shape index (κ2) is 7.83. The van der Waals surface area contributed by atoms with Crippen molar-refractivity contribution in [3.63, 3.8) is 0 Å². The third-order valence-corrected chi connectivity index (χ3v) is 5.86. The normalized spacial score (nSPS) is 29.4. The van der Waals surface area contributed by atoms with E-state index in [0.717, 1.165) is 52.1 Å². The zero-order valence-electron chi connectivity index (χ0n) is 14.9. The average molecular weight is 337 g/mol. The summed E-state index contributed by atoms with van der Waals surface area (Å²) < 4.78 is 5.37. The zero-order chi connectivity index (χ0) is 17.0. The molecule has 0 radical (unpaired) electrons. The van der Waals surface area contributed by atoms with E-state index in [1.54, 1.807) is 0 Å². The van der Waals surface area contributed by atoms with E-state index in [2.05, 4.69) is 10.2 Å². The first-order valence-corrected chi connectivity index (χ1v) is 9.51. The molecule has 1 atom stereocenters. The molecule has 2 saturated heterocycles. The molecule has 0 aromatic rings. The van der Waals surface area contributed by atoms with Crippen molar-refractivity contribution in [2.24, 2.45) is 0 Å². The van der Waals surface area contributed by atoms with E-state index in [-0.39, 0.29) is 11.8 Å². The van der Waals surface area contributed by atoms with Gasteiger partial charge in [-0.3, -0.25) is 14.5 Å². The molecule has 1 N–H and O–H groups in total. The standard InChI is InChI=1S/C18H31N3O3/c1-18(17(23)19-15-5-2-3-6-15)8-7-16(22)21(18)10-4-9-20-11-13-24-14-12-20/h15H,2-14H2,1H3,(H,19,23)/t18-/m1/s1. The molecular weight excluding hydrogens is 306 g/mol. The van der Waals surface area contributed by atoms with Gasteiger partial charge >= 0.3 is 0 Å². The van der Waals surface area contributed by atoms with Crippen molar-refractivity contribution < 1.29 is 14.3 Å². The van der Waals surface area contributed by atoms with Crippen LogP contribution in [-0.4, -0.2) is 72.6 Å². The van der Waals surface area contributed by atoms with Gasteiger partial charge in [0.15, 0.2) is 0 Å². The molecule has 6 heteroatoms. The lowest BCUT2D eigenvalue weighted by Crippen LogP contribution is -2.56. The summed E-state index contributed by atoms with van der Waals surface area (Å²) >= 11 is 0. The Labute approximate surface area is 144 Å². The Kier molecular flexibility index (Phi) is 5.76. The van der Waals surface area contributed by atoms with Gasteiger partial charge in [-0.2, -0.15) is 0 Å². The highest BCUT2D eigenvalue weighted by atomic mass is 16.5. The molecule has 6 nitrogen and oxygen atoms in total. The molecule has 2 heterocycles. The SMILES string of the molecule is C[C@]1(C(=O)NC2CCCC2)CCC(=O)N1CCCN1CCOCC1. The molecule has 3 fully saturated rings. The molecule has 3 rings (SSSR count). The number of amides is 2. The fraction of sp³-hybridized carbons (Fsp3) is 0.889. The lowest BCUT2D eigenvalue weighted by atomic mass is 9.96. The number of morpholine rings is 1. The fourth-order valence-electron chi connectivity index (χ4n) is 4.19. The Morgan fingerprint density at radius 1 is 1.25 bits per heavy atom. The fourth-order valence-corrected chi connectivity index (χ4v) is 4.19. The van der Waals surface area contributed by atoms with E-state index >= 15 is 0 Å². The molecule has 0 bridgehead atoms. The van der Waals surface area contributed by atoms with Crippen LogP contribution < -0.4 is 5.32 Å². The zero-order valence-corrected chi connectivity index (χ0v) is 14.9. The van der Waals surface area contributed by atoms with Gasteiger partial charge in [0.2, 0.25) is 11.8 Å². The van der Waals surface area contributed by atoms with Crippen LogP contribution >= 0.6 is 0 Å². The largest absolute Gasteiger partial charge is 0.379 e. The van der Waals surface area contributed by atoms with Crippen LogP contribution in [0.3, 0.4) is 0 Å². The minimum Gasteiger partial charge on any atom is -0.379 e. The van der Waals surface area contributed by atoms with Crippen molar-refractivity contribution >= 4 is 11.8 Å². The lowest BCUT2D eigenvalue weighted by Gasteiger charge is -2.35. The maximum absolute atomic E-state index is 12.8. The third-order valence-electron chi connectivity index (χ3n) is 5.86. The summed E-state index contributed by atoms with van der Waals surface area (Å²) in [5.74, 6) is 0.174. The molecule has 0 spiro atoms. The van der Waals surface area contributed by atoms with E-state index in [1.165, 1.54) is 12.8 Å². The molecule has 0 aromatic heterocycles. The van der Waals surface area contributed by atoms with Crippen LogP contribution in [0.1, 0.15) is 51.9 Å². The Hall–Kier alpha value is -1.14. The van der Waals surface area contributed by atoms with Gasteiger partial charge < -0.3 is 15.0 Å². The Morgan fingerprint density at radius 2 is 1.96 bits per heavy atom. The molecule has 3 aliphatic rings. The molecule has 24 heavy (non-hydrogen) atoms. The van der Waals surface area contributed by atoms with E-state index in [0.29, 0.717) is 25.4 Å². The number of nitrogens with zero attached hydrogens (tertiary/aromatic N) is 2. The van der Waals surface area contributed by atoms with E-state index in [1.807, 2.05) is 11.8 Å². The maximum atomic E-state index is 12.8. The molecule has 1 saturated carbocycles. The molecule has 136 valence electrons. The summed E-state index contributed by atoms with van der Waals surface area (Å²) in [6.07, 6.45) is 6.60. The van der Waals surface area contributed by atoms with Crippen molar-refractivity contribution in [1.82, 2.24) is 15.1 Å². The second-order valence-electron chi connectivity index (χ2n) is 7.58. The molecule has 2 aliphatic heterocycles. The Morgan fingerprint density at radius 3 is 2.67 bits per heavy atom. The van der Waals surface area contributed by atoms with Gasteiger partial charge in [0.25, 0.3) is 0 Å². The summed E-state index contributed by atoms with van der Waals surface area (Å²) in [6.45, 7) is 7.10. The van der Waals surface area contributed by atoms with Gasteiger partial charge in [0, 0.05) is 38.6 Å². The highest BCUT2D eigenvalue weighted by Gasteiger charge is 2.47. The van der Waals surface area contributed by atoms with Crippen molar-refractivity contribution in [3.8, 4) is 0 Å². The molecule has 0 aromatic carbocycles. The highest BCUT2D eigenvalue weighted by molar-refractivity contribution is 5.94. The van der Waals surface area contributed by atoms with E-state index in [9.17, 15) is 9.59 Å². The van der Waals surface area contributed by atoms with Gasteiger partial charge in [-0.1, -0.05) is 12.8 Å². The van der Waals surface area contributed by atoms with Crippen molar-refractivity contribution in [3.05, 3.63) is 0 Å². The third kappa shape index (κ3) is 3.91. The number of nitrogens with one attached hydrogen (secondary N) is 1. The minimum atomic E-state index is -0.662. The quantitative estimate of drug-likeness (QED) is 0.790. The Bertz CT molecular complexity index is 458. The number of rotatable bonds is 6. The first-order chi connectivity index (χ1) is 11.6. The van der Waals surface area contributed by atoms with Crippen LogP contribution in [0.25, 0.3) is 0 Å². The first-order valence-electron chi connectivity index (χ1n) is 9.51. The van der Waals surface area contributed by atoms with Crippen LogP contribution in [0.4, 0.5) is 0 Å². The van der Waals surface area contributed by atoms with E-state index in [4.69, 9.17) is 4.74 Å². The number of ether oxygens (including phenoxy) is 1. The average Bonchev–Trinajstić information content (AvgIpc) is 3.19. The first kappa shape index (κ1) is 17.7. The maximum Gasteiger partial charge on any atom is 0.245 e. The van der Waals surface area contributed by atoms with Crippen LogP contribution in [0, 0.1) is 0 Å². The highest BCUT2D eigenvalue weighted by Crippen LogP contribution is 2.31. The summed E-state index contributed by atoms with van der Waals surface area (Å²) in [7, 11) is 0. The minimum absolute atomic E-state index is 0.0478. The molecule has 2 amide bonds. The lowest BCUT2D eigenvalue weighted by molar-refractivity contribution is -0.141. The van der Waals surface area contributed by atoms with Gasteiger partial charge in [0.05, 0.1) is 13.2 Å². The van der Waals surface area contributed by atoms with Gasteiger partial charge in [-0.15, -0.1) is 0 Å². The number of likely N-dealkylation sites (tertiary alicyclic amines) is 1. The van der Waals surface area contributed by atoms with E-state index < -0.39 is 5.54 Å². The van der Waals surface area contributed by atoms with Crippen molar-refractivity contribution in [2.75, 3.05) is 39.4 Å². The summed E-state index contributed by atoms with van der Waals surface area (Å²) in [5, 5.41) is 3.19. The van der Waals surface area contributed by atoms with Crippen molar-refractivity contribution in [2.45, 2.75) is 63.5 Å². The summed E-state index contributed by atoms with van der Waals surface area (Å²) in [6, 6.07) is 0.306. The van der Waals surface area contributed by atoms with Gasteiger partial charge in [-0.25, -0.2) is 0 Å². The van der Waals surface area contributed by atoms with Crippen LogP contribution in [0.15, 0.2) is 0 Å². The number of hydrogen-bond acceptors (Lipinski definition) is 4. The summed E-state index contributed by atoms with van der Waals surface area (Å²) in [5.41, 5.74) is -0.662. The molecular formula is C18H31N3O3. The number of hydrogen-bond donors (Lipinski definition) is 1. The molecule has 1 aliphatic carbocycles. The molecule has 0 unspecified atom stereocenters. The predicted molar refractivity (Wildman–Crippen MR) is 91.6 cm³/mol. The monoisotopic (exact) mass is 337 g/mol. The van der Waals surface area contributed by atoms with Gasteiger partial charge in [-0.05, 0) is 32.6 Å². The smallest absolute Gasteiger partial charge is 0.245 e. The number of carbonyl (C=O) groups is 2. The predicted octanol–water partition coefficient (Wildman–Crippen LogP) is 1.15.